The maximum atomic E-state index is 3.38. The van der Waals surface area contributed by atoms with E-state index in [9.17, 15) is 0 Å². The lowest BCUT2D eigenvalue weighted by atomic mass is 10.2. The lowest BCUT2D eigenvalue weighted by Crippen LogP contribution is -2.45. The predicted octanol–water partition coefficient (Wildman–Crippen LogP) is 2.20. The van der Waals surface area contributed by atoms with E-state index in [1.54, 1.807) is 0 Å². The minimum Gasteiger partial charge on any atom is -0.317 e. The molecule has 3 heteroatoms. The van der Waals surface area contributed by atoms with Gasteiger partial charge < -0.3 is 5.32 Å². The van der Waals surface area contributed by atoms with Crippen molar-refractivity contribution in [1.82, 2.24) is 10.2 Å². The Hall–Kier alpha value is 0.270. The average Bonchev–Trinajstić information content (AvgIpc) is 2.24. The number of nitrogens with zero attached hydrogens (tertiary/aromatic N) is 1. The zero-order valence-corrected chi connectivity index (χ0v) is 11.3. The average molecular weight is 230 g/mol. The van der Waals surface area contributed by atoms with Crippen molar-refractivity contribution in [2.45, 2.75) is 44.9 Å². The summed E-state index contributed by atoms with van der Waals surface area (Å²) in [5.41, 5.74) is 0. The zero-order chi connectivity index (χ0) is 11.1. The SMILES string of the molecule is CCNCCCCN1CCSC(C)C1C. The molecule has 1 aliphatic heterocycles. The molecule has 1 saturated heterocycles. The van der Waals surface area contributed by atoms with Gasteiger partial charge in [0.05, 0.1) is 0 Å². The van der Waals surface area contributed by atoms with Gasteiger partial charge in [0.25, 0.3) is 0 Å². The van der Waals surface area contributed by atoms with Crippen LogP contribution >= 0.6 is 11.8 Å². The van der Waals surface area contributed by atoms with Crippen LogP contribution in [-0.2, 0) is 0 Å². The van der Waals surface area contributed by atoms with Crippen LogP contribution in [0, 0.1) is 0 Å². The summed E-state index contributed by atoms with van der Waals surface area (Å²) in [7, 11) is 0. The molecule has 0 bridgehead atoms. The van der Waals surface area contributed by atoms with E-state index in [-0.39, 0.29) is 0 Å². The molecule has 2 unspecified atom stereocenters. The van der Waals surface area contributed by atoms with E-state index in [4.69, 9.17) is 0 Å². The normalized spacial score (nSPS) is 28.2. The number of unbranched alkanes of at least 4 members (excludes halogenated alkanes) is 1. The summed E-state index contributed by atoms with van der Waals surface area (Å²) < 4.78 is 0. The summed E-state index contributed by atoms with van der Waals surface area (Å²) in [6.07, 6.45) is 2.66. The standard InChI is InChI=1S/C12H26N2S/c1-4-13-7-5-6-8-14-9-10-15-12(3)11(14)2/h11-13H,4-10H2,1-3H3. The summed E-state index contributed by atoms with van der Waals surface area (Å²) in [5.74, 6) is 1.32. The quantitative estimate of drug-likeness (QED) is 0.704. The summed E-state index contributed by atoms with van der Waals surface area (Å²) in [6, 6.07) is 0.767. The van der Waals surface area contributed by atoms with Gasteiger partial charge in [0.15, 0.2) is 0 Å². The van der Waals surface area contributed by atoms with Crippen LogP contribution in [0.5, 0.6) is 0 Å². The highest BCUT2D eigenvalue weighted by Crippen LogP contribution is 2.24. The van der Waals surface area contributed by atoms with E-state index in [0.29, 0.717) is 0 Å². The van der Waals surface area contributed by atoms with E-state index >= 15 is 0 Å². The summed E-state index contributed by atoms with van der Waals surface area (Å²) in [6.45, 7) is 11.8. The minimum atomic E-state index is 0.767. The molecule has 1 aliphatic rings. The Kier molecular flexibility index (Phi) is 6.69. The van der Waals surface area contributed by atoms with Gasteiger partial charge in [-0.2, -0.15) is 11.8 Å². The summed E-state index contributed by atoms with van der Waals surface area (Å²) >= 11 is 2.12. The molecule has 1 N–H and O–H groups in total. The van der Waals surface area contributed by atoms with Gasteiger partial charge in [0.1, 0.15) is 0 Å². The van der Waals surface area contributed by atoms with Gasteiger partial charge in [-0.15, -0.1) is 0 Å². The van der Waals surface area contributed by atoms with Crippen molar-refractivity contribution in [3.63, 3.8) is 0 Å². The van der Waals surface area contributed by atoms with Gasteiger partial charge in [-0.05, 0) is 39.4 Å². The molecule has 0 amide bonds. The largest absolute Gasteiger partial charge is 0.317 e. The smallest absolute Gasteiger partial charge is 0.0184 e. The molecule has 15 heavy (non-hydrogen) atoms. The van der Waals surface area contributed by atoms with Crippen LogP contribution in [0.2, 0.25) is 0 Å². The fourth-order valence-corrected chi connectivity index (χ4v) is 3.22. The molecule has 2 nitrogen and oxygen atoms in total. The Morgan fingerprint density at radius 1 is 1.33 bits per heavy atom. The van der Waals surface area contributed by atoms with Crippen LogP contribution in [0.25, 0.3) is 0 Å². The van der Waals surface area contributed by atoms with Crippen LogP contribution < -0.4 is 5.32 Å². The highest BCUT2D eigenvalue weighted by atomic mass is 32.2. The minimum absolute atomic E-state index is 0.767. The van der Waals surface area contributed by atoms with Gasteiger partial charge in [0.2, 0.25) is 0 Å². The molecule has 0 aliphatic carbocycles. The van der Waals surface area contributed by atoms with E-state index in [0.717, 1.165) is 17.8 Å². The highest BCUT2D eigenvalue weighted by Gasteiger charge is 2.24. The van der Waals surface area contributed by atoms with Crippen molar-refractivity contribution in [2.24, 2.45) is 0 Å². The summed E-state index contributed by atoms with van der Waals surface area (Å²) in [5, 5.41) is 4.20. The Balaban J connectivity index is 2.09. The highest BCUT2D eigenvalue weighted by molar-refractivity contribution is 8.00. The van der Waals surface area contributed by atoms with Crippen LogP contribution in [-0.4, -0.2) is 48.1 Å². The fourth-order valence-electron chi connectivity index (χ4n) is 2.05. The first-order valence-corrected chi connectivity index (χ1v) is 7.37. The first kappa shape index (κ1) is 13.3. The van der Waals surface area contributed by atoms with Crippen LogP contribution in [0.3, 0.4) is 0 Å². The lowest BCUT2D eigenvalue weighted by molar-refractivity contribution is 0.209. The topological polar surface area (TPSA) is 15.3 Å². The molecule has 0 saturated carbocycles. The van der Waals surface area contributed by atoms with Gasteiger partial charge in [-0.1, -0.05) is 13.8 Å². The molecular formula is C12H26N2S. The third-order valence-corrected chi connectivity index (χ3v) is 4.65. The van der Waals surface area contributed by atoms with Crippen molar-refractivity contribution < 1.29 is 0 Å². The zero-order valence-electron chi connectivity index (χ0n) is 10.5. The molecule has 0 aromatic rings. The first-order valence-electron chi connectivity index (χ1n) is 6.32. The molecule has 0 aromatic carbocycles. The second kappa shape index (κ2) is 7.53. The molecule has 90 valence electrons. The number of hydrogen-bond acceptors (Lipinski definition) is 3. The van der Waals surface area contributed by atoms with Crippen LogP contribution in [0.15, 0.2) is 0 Å². The van der Waals surface area contributed by atoms with Crippen LogP contribution in [0.1, 0.15) is 33.6 Å². The van der Waals surface area contributed by atoms with E-state index in [1.807, 2.05) is 0 Å². The van der Waals surface area contributed by atoms with Crippen LogP contribution in [0.4, 0.5) is 0 Å². The fraction of sp³-hybridized carbons (Fsp3) is 1.00. The third kappa shape index (κ3) is 4.75. The molecule has 1 fully saturated rings. The molecule has 0 radical (unpaired) electrons. The molecule has 2 atom stereocenters. The lowest BCUT2D eigenvalue weighted by Gasteiger charge is -2.37. The van der Waals surface area contributed by atoms with E-state index in [1.165, 1.54) is 38.2 Å². The van der Waals surface area contributed by atoms with Crippen molar-refractivity contribution in [3.8, 4) is 0 Å². The van der Waals surface area contributed by atoms with Crippen molar-refractivity contribution >= 4 is 11.8 Å². The van der Waals surface area contributed by atoms with Crippen molar-refractivity contribution in [1.29, 1.82) is 0 Å². The van der Waals surface area contributed by atoms with Gasteiger partial charge >= 0.3 is 0 Å². The number of rotatable bonds is 6. The second-order valence-electron chi connectivity index (χ2n) is 4.41. The summed E-state index contributed by atoms with van der Waals surface area (Å²) in [4.78, 5) is 2.66. The number of nitrogens with one attached hydrogen (secondary N) is 1. The van der Waals surface area contributed by atoms with Gasteiger partial charge in [-0.3, -0.25) is 4.90 Å². The first-order chi connectivity index (χ1) is 7.25. The van der Waals surface area contributed by atoms with Gasteiger partial charge in [0, 0.05) is 23.6 Å². The van der Waals surface area contributed by atoms with E-state index in [2.05, 4.69) is 42.7 Å². The molecule has 1 heterocycles. The molecule has 0 aromatic heterocycles. The van der Waals surface area contributed by atoms with Crippen molar-refractivity contribution in [3.05, 3.63) is 0 Å². The number of thioether (sulfide) groups is 1. The maximum absolute atomic E-state index is 3.38. The molecule has 1 rings (SSSR count). The maximum Gasteiger partial charge on any atom is 0.0184 e. The van der Waals surface area contributed by atoms with Crippen molar-refractivity contribution in [2.75, 3.05) is 31.9 Å². The number of hydrogen-bond donors (Lipinski definition) is 1. The van der Waals surface area contributed by atoms with Gasteiger partial charge in [-0.25, -0.2) is 0 Å². The second-order valence-corrected chi connectivity index (χ2v) is 5.90. The Bertz CT molecular complexity index is 164. The Labute approximate surface area is 99.2 Å². The molecule has 0 spiro atoms. The molecular weight excluding hydrogens is 204 g/mol. The Morgan fingerprint density at radius 2 is 2.13 bits per heavy atom. The predicted molar refractivity (Wildman–Crippen MR) is 70.7 cm³/mol. The third-order valence-electron chi connectivity index (χ3n) is 3.31. The monoisotopic (exact) mass is 230 g/mol. The van der Waals surface area contributed by atoms with E-state index < -0.39 is 0 Å². The Morgan fingerprint density at radius 3 is 2.87 bits per heavy atom.